The van der Waals surface area contributed by atoms with E-state index in [1.54, 1.807) is 16.6 Å². The summed E-state index contributed by atoms with van der Waals surface area (Å²) in [6.07, 6.45) is 3.33. The van der Waals surface area contributed by atoms with Gasteiger partial charge in [0.05, 0.1) is 10.6 Å². The van der Waals surface area contributed by atoms with E-state index in [1.807, 2.05) is 0 Å². The third-order valence-corrected chi connectivity index (χ3v) is 5.80. The number of halogens is 4. The minimum Gasteiger partial charge on any atom is -0.356 e. The van der Waals surface area contributed by atoms with E-state index in [0.29, 0.717) is 22.0 Å². The van der Waals surface area contributed by atoms with Gasteiger partial charge in [0, 0.05) is 23.5 Å². The number of fused-ring (bicyclic) bond motifs is 1. The summed E-state index contributed by atoms with van der Waals surface area (Å²) in [5, 5.41) is 4.70. The van der Waals surface area contributed by atoms with Gasteiger partial charge in [0.15, 0.2) is 0 Å². The topological polar surface area (TPSA) is 46.3 Å². The van der Waals surface area contributed by atoms with E-state index >= 15 is 0 Å². The number of nitrogens with zero attached hydrogens (tertiary/aromatic N) is 5. The van der Waals surface area contributed by atoms with Crippen LogP contribution in [-0.2, 0) is 0 Å². The van der Waals surface area contributed by atoms with Gasteiger partial charge in [0.1, 0.15) is 23.1 Å². The van der Waals surface area contributed by atoms with Crippen molar-refractivity contribution in [1.82, 2.24) is 19.6 Å². The number of alkyl halides is 1. The first-order chi connectivity index (χ1) is 12.1. The number of piperidine rings is 1. The molecule has 0 unspecified atom stereocenters. The lowest BCUT2D eigenvalue weighted by Crippen LogP contribution is -2.35. The lowest BCUT2D eigenvalue weighted by atomic mass is 10.0. The van der Waals surface area contributed by atoms with Crippen molar-refractivity contribution in [2.75, 3.05) is 18.0 Å². The Balaban J connectivity index is 2.00. The van der Waals surface area contributed by atoms with Gasteiger partial charge in [-0.15, -0.1) is 0 Å². The summed E-state index contributed by atoms with van der Waals surface area (Å²) in [5.74, 6) is 0.586. The predicted molar refractivity (Wildman–Crippen MR) is 100 cm³/mol. The highest BCUT2D eigenvalue weighted by Crippen LogP contribution is 2.41. The maximum Gasteiger partial charge on any atom is 0.255 e. The Morgan fingerprint density at radius 2 is 1.92 bits per heavy atom. The second-order valence-corrected chi connectivity index (χ2v) is 7.89. The standard InChI is InChI=1S/C16H13BrCl2FN5/c17-9-4-6-24(7-5-9)15-13(12-10(18)2-1-3-11(12)20)14(19)23-16-21-8-22-25(15)16/h1-3,8-9H,4-7H2. The van der Waals surface area contributed by atoms with Gasteiger partial charge in [-0.05, 0) is 25.0 Å². The number of hydrogen-bond donors (Lipinski definition) is 0. The van der Waals surface area contributed by atoms with Gasteiger partial charge in [0.25, 0.3) is 5.78 Å². The van der Waals surface area contributed by atoms with E-state index in [4.69, 9.17) is 23.2 Å². The molecular formula is C16H13BrCl2FN5. The highest BCUT2D eigenvalue weighted by molar-refractivity contribution is 9.09. The zero-order chi connectivity index (χ0) is 17.6. The molecule has 130 valence electrons. The Hall–Kier alpha value is -1.44. The molecule has 1 aromatic carbocycles. The van der Waals surface area contributed by atoms with Crippen molar-refractivity contribution in [1.29, 1.82) is 0 Å². The molecule has 0 radical (unpaired) electrons. The van der Waals surface area contributed by atoms with Crippen LogP contribution in [0.25, 0.3) is 16.9 Å². The molecule has 9 heteroatoms. The average molecular weight is 445 g/mol. The lowest BCUT2D eigenvalue weighted by molar-refractivity contribution is 0.586. The van der Waals surface area contributed by atoms with Crippen LogP contribution in [0, 0.1) is 5.82 Å². The maximum absolute atomic E-state index is 14.6. The van der Waals surface area contributed by atoms with Crippen LogP contribution in [0.1, 0.15) is 12.8 Å². The summed E-state index contributed by atoms with van der Waals surface area (Å²) in [5.41, 5.74) is 0.672. The first-order valence-electron chi connectivity index (χ1n) is 7.79. The van der Waals surface area contributed by atoms with Gasteiger partial charge in [-0.3, -0.25) is 0 Å². The van der Waals surface area contributed by atoms with Gasteiger partial charge in [0.2, 0.25) is 0 Å². The number of aromatic nitrogens is 4. The van der Waals surface area contributed by atoms with Gasteiger partial charge >= 0.3 is 0 Å². The summed E-state index contributed by atoms with van der Waals surface area (Å²) in [6, 6.07) is 4.56. The Morgan fingerprint density at radius 3 is 2.64 bits per heavy atom. The maximum atomic E-state index is 14.6. The molecule has 1 fully saturated rings. The molecule has 0 aliphatic carbocycles. The third kappa shape index (κ3) is 2.98. The lowest BCUT2D eigenvalue weighted by Gasteiger charge is -2.33. The van der Waals surface area contributed by atoms with Crippen molar-refractivity contribution >= 4 is 50.7 Å². The molecule has 3 aromatic rings. The van der Waals surface area contributed by atoms with E-state index in [9.17, 15) is 4.39 Å². The van der Waals surface area contributed by atoms with Crippen LogP contribution in [0.15, 0.2) is 24.5 Å². The van der Waals surface area contributed by atoms with E-state index in [1.165, 1.54) is 12.4 Å². The monoisotopic (exact) mass is 443 g/mol. The van der Waals surface area contributed by atoms with E-state index in [0.717, 1.165) is 25.9 Å². The second kappa shape index (κ2) is 6.70. The summed E-state index contributed by atoms with van der Waals surface area (Å²) < 4.78 is 16.2. The second-order valence-electron chi connectivity index (χ2n) is 5.83. The van der Waals surface area contributed by atoms with Crippen molar-refractivity contribution in [2.45, 2.75) is 17.7 Å². The van der Waals surface area contributed by atoms with Gasteiger partial charge in [-0.2, -0.15) is 19.6 Å². The van der Waals surface area contributed by atoms with Gasteiger partial charge < -0.3 is 4.90 Å². The largest absolute Gasteiger partial charge is 0.356 e. The number of benzene rings is 1. The van der Waals surface area contributed by atoms with Gasteiger partial charge in [-0.1, -0.05) is 45.2 Å². The predicted octanol–water partition coefficient (Wildman–Crippen LogP) is 4.60. The number of rotatable bonds is 2. The molecule has 3 heterocycles. The molecule has 0 atom stereocenters. The van der Waals surface area contributed by atoms with Crippen LogP contribution in [0.3, 0.4) is 0 Å². The fraction of sp³-hybridized carbons (Fsp3) is 0.312. The molecule has 1 aliphatic heterocycles. The quantitative estimate of drug-likeness (QED) is 0.428. The first-order valence-corrected chi connectivity index (χ1v) is 9.46. The third-order valence-electron chi connectivity index (χ3n) is 4.30. The SMILES string of the molecule is Fc1cccc(Cl)c1-c1c(Cl)nc2ncnn2c1N1CCC(Br)CC1. The molecule has 0 spiro atoms. The van der Waals surface area contributed by atoms with Crippen molar-refractivity contribution in [2.24, 2.45) is 0 Å². The number of anilines is 1. The van der Waals surface area contributed by atoms with Crippen molar-refractivity contribution in [3.8, 4) is 11.1 Å². The normalized spacial score (nSPS) is 15.9. The van der Waals surface area contributed by atoms with Gasteiger partial charge in [-0.25, -0.2) is 4.39 Å². The van der Waals surface area contributed by atoms with Crippen molar-refractivity contribution in [3.63, 3.8) is 0 Å². The summed E-state index contributed by atoms with van der Waals surface area (Å²) in [4.78, 5) is 11.0. The summed E-state index contributed by atoms with van der Waals surface area (Å²) in [7, 11) is 0. The first kappa shape index (κ1) is 17.0. The Bertz CT molecular complexity index is 919. The molecule has 0 bridgehead atoms. The van der Waals surface area contributed by atoms with E-state index in [-0.39, 0.29) is 15.7 Å². The molecule has 0 saturated carbocycles. The Kier molecular flexibility index (Phi) is 4.56. The molecule has 1 saturated heterocycles. The highest BCUT2D eigenvalue weighted by Gasteiger charge is 2.28. The van der Waals surface area contributed by atoms with Crippen LogP contribution in [-0.4, -0.2) is 37.5 Å². The zero-order valence-electron chi connectivity index (χ0n) is 13.0. The Morgan fingerprint density at radius 1 is 1.16 bits per heavy atom. The molecule has 0 N–H and O–H groups in total. The molecule has 2 aromatic heterocycles. The smallest absolute Gasteiger partial charge is 0.255 e. The van der Waals surface area contributed by atoms with Crippen LogP contribution >= 0.6 is 39.1 Å². The summed E-state index contributed by atoms with van der Waals surface area (Å²) >= 11 is 16.4. The summed E-state index contributed by atoms with van der Waals surface area (Å²) in [6.45, 7) is 1.56. The van der Waals surface area contributed by atoms with Crippen LogP contribution in [0.5, 0.6) is 0 Å². The molecule has 0 amide bonds. The van der Waals surface area contributed by atoms with E-state index in [2.05, 4.69) is 35.9 Å². The zero-order valence-corrected chi connectivity index (χ0v) is 16.1. The van der Waals surface area contributed by atoms with Crippen molar-refractivity contribution < 1.29 is 4.39 Å². The molecule has 4 rings (SSSR count). The fourth-order valence-electron chi connectivity index (χ4n) is 3.11. The fourth-order valence-corrected chi connectivity index (χ4v) is 4.03. The Labute approximate surface area is 161 Å². The molecule has 25 heavy (non-hydrogen) atoms. The van der Waals surface area contributed by atoms with Crippen LogP contribution in [0.4, 0.5) is 10.2 Å². The number of hydrogen-bond acceptors (Lipinski definition) is 4. The molecular weight excluding hydrogens is 432 g/mol. The average Bonchev–Trinajstić information content (AvgIpc) is 3.03. The molecule has 5 nitrogen and oxygen atoms in total. The van der Waals surface area contributed by atoms with Crippen LogP contribution < -0.4 is 4.90 Å². The van der Waals surface area contributed by atoms with E-state index < -0.39 is 5.82 Å². The molecule has 1 aliphatic rings. The van der Waals surface area contributed by atoms with Crippen molar-refractivity contribution in [3.05, 3.63) is 40.5 Å². The minimum atomic E-state index is -0.452. The minimum absolute atomic E-state index is 0.156. The van der Waals surface area contributed by atoms with Crippen LogP contribution in [0.2, 0.25) is 10.2 Å². The highest BCUT2D eigenvalue weighted by atomic mass is 79.9.